The van der Waals surface area contributed by atoms with E-state index in [1.807, 2.05) is 18.2 Å². The SMILES string of the molecule is O=C(Nc1ccc2c(c1)CN[C@H]2C[C@H](O)CO)c1cc(Cl)cc2[nH]ncc12. The standard InChI is InChI=1S/C19H19ClN4O3/c20-11-4-15(16-8-22-24-18(16)5-11)19(27)23-12-1-2-14-10(3-12)7-21-17(14)6-13(26)9-25/h1-5,8,13,17,21,25-26H,6-7,9H2,(H,22,24)(H,23,27)/t13-,17-/m0/s1. The molecule has 1 aliphatic heterocycles. The monoisotopic (exact) mass is 386 g/mol. The van der Waals surface area contributed by atoms with Gasteiger partial charge in [0.2, 0.25) is 0 Å². The van der Waals surface area contributed by atoms with Crippen LogP contribution in [0.4, 0.5) is 5.69 Å². The number of aromatic amines is 1. The summed E-state index contributed by atoms with van der Waals surface area (Å²) < 4.78 is 0. The number of halogens is 1. The second-order valence-corrected chi connectivity index (χ2v) is 7.09. The molecule has 0 radical (unpaired) electrons. The molecule has 0 bridgehead atoms. The molecule has 2 aromatic carbocycles. The average molecular weight is 387 g/mol. The van der Waals surface area contributed by atoms with E-state index < -0.39 is 6.10 Å². The van der Waals surface area contributed by atoms with Crippen molar-refractivity contribution in [2.75, 3.05) is 11.9 Å². The third-order valence-corrected chi connectivity index (χ3v) is 5.02. The summed E-state index contributed by atoms with van der Waals surface area (Å²) in [5.74, 6) is -0.262. The first-order valence-corrected chi connectivity index (χ1v) is 9.02. The Bertz CT molecular complexity index is 1000. The largest absolute Gasteiger partial charge is 0.394 e. The highest BCUT2D eigenvalue weighted by Gasteiger charge is 2.24. The third-order valence-electron chi connectivity index (χ3n) is 4.80. The van der Waals surface area contributed by atoms with Crippen molar-refractivity contribution in [3.05, 3.63) is 58.2 Å². The minimum atomic E-state index is -0.756. The molecule has 8 heteroatoms. The second-order valence-electron chi connectivity index (χ2n) is 6.66. The average Bonchev–Trinajstić information content (AvgIpc) is 3.27. The lowest BCUT2D eigenvalue weighted by Crippen LogP contribution is -2.21. The molecule has 1 aromatic heterocycles. The molecule has 0 unspecified atom stereocenters. The molecule has 27 heavy (non-hydrogen) atoms. The van der Waals surface area contributed by atoms with Gasteiger partial charge in [-0.2, -0.15) is 5.10 Å². The predicted molar refractivity (Wildman–Crippen MR) is 103 cm³/mol. The summed E-state index contributed by atoms with van der Waals surface area (Å²) in [5, 5.41) is 32.9. The second kappa shape index (κ2) is 7.28. The van der Waals surface area contributed by atoms with Crippen LogP contribution in [0, 0.1) is 0 Å². The lowest BCUT2D eigenvalue weighted by molar-refractivity contribution is 0.0800. The molecule has 7 nitrogen and oxygen atoms in total. The molecule has 0 saturated heterocycles. The molecule has 1 aliphatic rings. The van der Waals surface area contributed by atoms with Gasteiger partial charge in [-0.1, -0.05) is 17.7 Å². The van der Waals surface area contributed by atoms with Gasteiger partial charge < -0.3 is 20.8 Å². The highest BCUT2D eigenvalue weighted by Crippen LogP contribution is 2.31. The zero-order valence-corrected chi connectivity index (χ0v) is 15.1. The number of benzene rings is 2. The van der Waals surface area contributed by atoms with E-state index in [0.717, 1.165) is 11.1 Å². The number of nitrogens with zero attached hydrogens (tertiary/aromatic N) is 1. The first kappa shape index (κ1) is 17.9. The molecule has 1 amide bonds. The summed E-state index contributed by atoms with van der Waals surface area (Å²) in [4.78, 5) is 12.7. The topological polar surface area (TPSA) is 110 Å². The number of hydrogen-bond acceptors (Lipinski definition) is 5. The van der Waals surface area contributed by atoms with Gasteiger partial charge in [0.25, 0.3) is 5.91 Å². The minimum Gasteiger partial charge on any atom is -0.394 e. The Morgan fingerprint density at radius 3 is 3.04 bits per heavy atom. The Labute approximate surface area is 160 Å². The molecule has 5 N–H and O–H groups in total. The number of H-pyrrole nitrogens is 1. The van der Waals surface area contributed by atoms with Gasteiger partial charge in [-0.25, -0.2) is 0 Å². The minimum absolute atomic E-state index is 0.00890. The zero-order chi connectivity index (χ0) is 19.0. The van der Waals surface area contributed by atoms with Gasteiger partial charge in [0, 0.05) is 28.7 Å². The first-order chi connectivity index (χ1) is 13.0. The van der Waals surface area contributed by atoms with Crippen molar-refractivity contribution in [1.82, 2.24) is 15.5 Å². The van der Waals surface area contributed by atoms with E-state index in [0.29, 0.717) is 40.1 Å². The molecule has 0 fully saturated rings. The quantitative estimate of drug-likeness (QED) is 0.462. The van der Waals surface area contributed by atoms with E-state index in [-0.39, 0.29) is 18.6 Å². The number of nitrogens with one attached hydrogen (secondary N) is 3. The molecule has 2 atom stereocenters. The van der Waals surface area contributed by atoms with Gasteiger partial charge in [-0.15, -0.1) is 0 Å². The smallest absolute Gasteiger partial charge is 0.256 e. The maximum Gasteiger partial charge on any atom is 0.256 e. The van der Waals surface area contributed by atoms with Crippen LogP contribution in [0.1, 0.15) is 33.9 Å². The van der Waals surface area contributed by atoms with Crippen molar-refractivity contribution in [1.29, 1.82) is 0 Å². The van der Waals surface area contributed by atoms with Crippen molar-refractivity contribution >= 4 is 34.1 Å². The first-order valence-electron chi connectivity index (χ1n) is 8.64. The number of rotatable bonds is 5. The van der Waals surface area contributed by atoms with E-state index in [1.165, 1.54) is 0 Å². The number of anilines is 1. The van der Waals surface area contributed by atoms with E-state index in [1.54, 1.807) is 18.3 Å². The fourth-order valence-electron chi connectivity index (χ4n) is 3.48. The van der Waals surface area contributed by atoms with Gasteiger partial charge >= 0.3 is 0 Å². The number of hydrogen-bond donors (Lipinski definition) is 5. The van der Waals surface area contributed by atoms with Crippen LogP contribution in [0.15, 0.2) is 36.5 Å². The van der Waals surface area contributed by atoms with E-state index in [2.05, 4.69) is 20.8 Å². The fourth-order valence-corrected chi connectivity index (χ4v) is 3.70. The Morgan fingerprint density at radius 2 is 2.22 bits per heavy atom. The third kappa shape index (κ3) is 3.54. The maximum atomic E-state index is 12.7. The van der Waals surface area contributed by atoms with Crippen LogP contribution >= 0.6 is 11.6 Å². The number of carbonyl (C=O) groups excluding carboxylic acids is 1. The van der Waals surface area contributed by atoms with Crippen molar-refractivity contribution in [3.63, 3.8) is 0 Å². The highest BCUT2D eigenvalue weighted by molar-refractivity contribution is 6.32. The van der Waals surface area contributed by atoms with Gasteiger partial charge in [-0.05, 0) is 41.8 Å². The van der Waals surface area contributed by atoms with E-state index in [9.17, 15) is 9.90 Å². The summed E-state index contributed by atoms with van der Waals surface area (Å²) in [6.45, 7) is 0.384. The predicted octanol–water partition coefficient (Wildman–Crippen LogP) is 2.36. The summed E-state index contributed by atoms with van der Waals surface area (Å²) in [5.41, 5.74) is 3.97. The number of aliphatic hydroxyl groups excluding tert-OH is 2. The normalized spacial score (nSPS) is 17.1. The molecular formula is C19H19ClN4O3. The Kier molecular flexibility index (Phi) is 4.84. The summed E-state index contributed by atoms with van der Waals surface area (Å²) in [6.07, 6.45) is 1.29. The summed E-state index contributed by atoms with van der Waals surface area (Å²) in [6, 6.07) is 9.02. The van der Waals surface area contributed by atoms with E-state index >= 15 is 0 Å². The fraction of sp³-hybridized carbons (Fsp3) is 0.263. The van der Waals surface area contributed by atoms with Crippen molar-refractivity contribution in [2.24, 2.45) is 0 Å². The number of fused-ring (bicyclic) bond motifs is 2. The van der Waals surface area contributed by atoms with Crippen molar-refractivity contribution in [2.45, 2.75) is 25.1 Å². The molecule has 140 valence electrons. The molecule has 4 rings (SSSR count). The number of carbonyl (C=O) groups is 1. The highest BCUT2D eigenvalue weighted by atomic mass is 35.5. The Hall–Kier alpha value is -2.45. The van der Waals surface area contributed by atoms with Crippen LogP contribution in [-0.2, 0) is 6.54 Å². The van der Waals surface area contributed by atoms with Crippen LogP contribution in [-0.4, -0.2) is 39.0 Å². The van der Waals surface area contributed by atoms with Crippen LogP contribution in [0.2, 0.25) is 5.02 Å². The molecule has 0 saturated carbocycles. The molecular weight excluding hydrogens is 368 g/mol. The summed E-state index contributed by atoms with van der Waals surface area (Å²) >= 11 is 6.10. The van der Waals surface area contributed by atoms with Gasteiger partial charge in [0.15, 0.2) is 0 Å². The van der Waals surface area contributed by atoms with Gasteiger partial charge in [-0.3, -0.25) is 9.89 Å². The lowest BCUT2D eigenvalue weighted by Gasteiger charge is -2.15. The van der Waals surface area contributed by atoms with E-state index in [4.69, 9.17) is 16.7 Å². The molecule has 0 spiro atoms. The Morgan fingerprint density at radius 1 is 1.37 bits per heavy atom. The van der Waals surface area contributed by atoms with Crippen LogP contribution < -0.4 is 10.6 Å². The Balaban J connectivity index is 1.55. The number of aromatic nitrogens is 2. The zero-order valence-electron chi connectivity index (χ0n) is 14.4. The summed E-state index contributed by atoms with van der Waals surface area (Å²) in [7, 11) is 0. The molecule has 2 heterocycles. The van der Waals surface area contributed by atoms with Crippen LogP contribution in [0.5, 0.6) is 0 Å². The van der Waals surface area contributed by atoms with Crippen LogP contribution in [0.3, 0.4) is 0 Å². The molecule has 3 aromatic rings. The molecule has 0 aliphatic carbocycles. The van der Waals surface area contributed by atoms with Crippen LogP contribution in [0.25, 0.3) is 10.9 Å². The lowest BCUT2D eigenvalue weighted by atomic mass is 9.99. The van der Waals surface area contributed by atoms with Gasteiger partial charge in [0.1, 0.15) is 0 Å². The maximum absolute atomic E-state index is 12.7. The van der Waals surface area contributed by atoms with Crippen molar-refractivity contribution < 1.29 is 15.0 Å². The van der Waals surface area contributed by atoms with Gasteiger partial charge in [0.05, 0.1) is 30.0 Å². The van der Waals surface area contributed by atoms with Crippen molar-refractivity contribution in [3.8, 4) is 0 Å². The number of aliphatic hydroxyl groups is 2. The number of amides is 1.